The van der Waals surface area contributed by atoms with Gasteiger partial charge in [0.15, 0.2) is 5.16 Å². The van der Waals surface area contributed by atoms with Crippen LogP contribution in [-0.4, -0.2) is 75.4 Å². The lowest BCUT2D eigenvalue weighted by molar-refractivity contribution is 0.0664. The summed E-state index contributed by atoms with van der Waals surface area (Å²) in [6, 6.07) is 5.87. The molecule has 140 valence electrons. The minimum absolute atomic E-state index is 0.0409. The second-order valence-corrected chi connectivity index (χ2v) is 7.28. The first-order valence-electron chi connectivity index (χ1n) is 8.73. The molecule has 0 spiro atoms. The van der Waals surface area contributed by atoms with Gasteiger partial charge in [0.1, 0.15) is 11.4 Å². The normalized spacial score (nSPS) is 15.3. The van der Waals surface area contributed by atoms with Gasteiger partial charge in [-0.2, -0.15) is 5.10 Å². The standard InChI is InChI=1S/C18H21N7OS/c1-24-5-7-25(8-6-24)17(26)14-11-19-18(27-2)22-16(14)21-13-4-3-12-10-20-23-15(12)9-13/h3-4,9-11H,5-8H2,1-2H3,(H,20,23)(H,19,21,22). The number of aromatic amines is 1. The number of carbonyl (C=O) groups is 1. The topological polar surface area (TPSA) is 90.0 Å². The molecule has 0 aliphatic carbocycles. The van der Waals surface area contributed by atoms with Gasteiger partial charge in [-0.15, -0.1) is 0 Å². The number of amides is 1. The van der Waals surface area contributed by atoms with Crippen LogP contribution < -0.4 is 5.32 Å². The number of likely N-dealkylation sites (N-methyl/N-ethyl adjacent to an activating group) is 1. The number of carbonyl (C=O) groups excluding carboxylic acids is 1. The van der Waals surface area contributed by atoms with Crippen LogP contribution in [0.5, 0.6) is 0 Å². The van der Waals surface area contributed by atoms with Gasteiger partial charge in [-0.25, -0.2) is 9.97 Å². The number of anilines is 2. The van der Waals surface area contributed by atoms with E-state index in [1.807, 2.05) is 29.4 Å². The Kier molecular flexibility index (Phi) is 4.95. The Morgan fingerprint density at radius 3 is 2.81 bits per heavy atom. The van der Waals surface area contributed by atoms with Crippen LogP contribution in [0.15, 0.2) is 35.7 Å². The van der Waals surface area contributed by atoms with Gasteiger partial charge in [0, 0.05) is 43.4 Å². The zero-order chi connectivity index (χ0) is 18.8. The van der Waals surface area contributed by atoms with Gasteiger partial charge < -0.3 is 15.1 Å². The summed E-state index contributed by atoms with van der Waals surface area (Å²) in [5.74, 6) is 0.484. The fraction of sp³-hybridized carbons (Fsp3) is 0.333. The van der Waals surface area contributed by atoms with E-state index in [2.05, 4.69) is 37.4 Å². The number of aromatic nitrogens is 4. The quantitative estimate of drug-likeness (QED) is 0.527. The van der Waals surface area contributed by atoms with Crippen LogP contribution in [0.25, 0.3) is 10.9 Å². The average molecular weight is 383 g/mol. The van der Waals surface area contributed by atoms with Crippen LogP contribution in [-0.2, 0) is 0 Å². The van der Waals surface area contributed by atoms with E-state index in [0.29, 0.717) is 29.6 Å². The molecule has 1 amide bonds. The van der Waals surface area contributed by atoms with E-state index >= 15 is 0 Å². The van der Waals surface area contributed by atoms with E-state index in [0.717, 1.165) is 29.7 Å². The van der Waals surface area contributed by atoms with Gasteiger partial charge in [0.2, 0.25) is 0 Å². The number of nitrogens with zero attached hydrogens (tertiary/aromatic N) is 5. The van der Waals surface area contributed by atoms with Crippen LogP contribution in [0, 0.1) is 0 Å². The number of fused-ring (bicyclic) bond motifs is 1. The van der Waals surface area contributed by atoms with E-state index in [-0.39, 0.29) is 5.91 Å². The molecule has 3 aromatic rings. The van der Waals surface area contributed by atoms with Crippen molar-refractivity contribution < 1.29 is 4.79 Å². The fourth-order valence-corrected chi connectivity index (χ4v) is 3.39. The number of rotatable bonds is 4. The first-order chi connectivity index (χ1) is 13.1. The zero-order valence-electron chi connectivity index (χ0n) is 15.3. The molecule has 0 atom stereocenters. The second kappa shape index (κ2) is 7.53. The molecule has 1 saturated heterocycles. The summed E-state index contributed by atoms with van der Waals surface area (Å²) in [5.41, 5.74) is 2.25. The monoisotopic (exact) mass is 383 g/mol. The molecule has 2 aromatic heterocycles. The number of piperazine rings is 1. The van der Waals surface area contributed by atoms with Crippen molar-refractivity contribution in [2.45, 2.75) is 5.16 Å². The van der Waals surface area contributed by atoms with Crippen molar-refractivity contribution in [2.24, 2.45) is 0 Å². The smallest absolute Gasteiger partial charge is 0.259 e. The molecule has 9 heteroatoms. The number of benzene rings is 1. The van der Waals surface area contributed by atoms with E-state index in [1.165, 1.54) is 11.8 Å². The van der Waals surface area contributed by atoms with E-state index in [1.54, 1.807) is 12.4 Å². The van der Waals surface area contributed by atoms with Crippen molar-refractivity contribution in [3.8, 4) is 0 Å². The third-order valence-electron chi connectivity index (χ3n) is 4.67. The number of hydrogen-bond acceptors (Lipinski definition) is 7. The molecule has 1 aliphatic heterocycles. The third kappa shape index (κ3) is 3.74. The first-order valence-corrected chi connectivity index (χ1v) is 9.95. The van der Waals surface area contributed by atoms with Crippen LogP contribution in [0.2, 0.25) is 0 Å². The summed E-state index contributed by atoms with van der Waals surface area (Å²) in [6.45, 7) is 3.15. The maximum absolute atomic E-state index is 13.1. The Morgan fingerprint density at radius 2 is 2.04 bits per heavy atom. The summed E-state index contributed by atoms with van der Waals surface area (Å²) >= 11 is 1.44. The van der Waals surface area contributed by atoms with Gasteiger partial charge in [-0.1, -0.05) is 11.8 Å². The molecule has 3 heterocycles. The van der Waals surface area contributed by atoms with E-state index in [4.69, 9.17) is 0 Å². The minimum atomic E-state index is -0.0409. The Bertz CT molecular complexity index is 965. The average Bonchev–Trinajstić information content (AvgIpc) is 3.16. The van der Waals surface area contributed by atoms with Gasteiger partial charge in [-0.05, 0) is 31.5 Å². The molecule has 8 nitrogen and oxygen atoms in total. The zero-order valence-corrected chi connectivity index (χ0v) is 16.1. The molecule has 27 heavy (non-hydrogen) atoms. The SMILES string of the molecule is CSc1ncc(C(=O)N2CCN(C)CC2)c(Nc2ccc3cn[nH]c3c2)n1. The van der Waals surface area contributed by atoms with Gasteiger partial charge >= 0.3 is 0 Å². The highest BCUT2D eigenvalue weighted by Gasteiger charge is 2.24. The highest BCUT2D eigenvalue weighted by atomic mass is 32.2. The maximum Gasteiger partial charge on any atom is 0.259 e. The Labute approximate surface area is 161 Å². The summed E-state index contributed by atoms with van der Waals surface area (Å²) in [4.78, 5) is 26.0. The number of thioether (sulfide) groups is 1. The summed E-state index contributed by atoms with van der Waals surface area (Å²) in [5, 5.41) is 11.9. The predicted molar refractivity (Wildman–Crippen MR) is 107 cm³/mol. The molecular formula is C18H21N7OS. The lowest BCUT2D eigenvalue weighted by Crippen LogP contribution is -2.47. The maximum atomic E-state index is 13.1. The molecule has 2 N–H and O–H groups in total. The van der Waals surface area contributed by atoms with E-state index in [9.17, 15) is 4.79 Å². The van der Waals surface area contributed by atoms with Gasteiger partial charge in [0.25, 0.3) is 5.91 Å². The van der Waals surface area contributed by atoms with Crippen molar-refractivity contribution >= 4 is 40.1 Å². The van der Waals surface area contributed by atoms with Crippen molar-refractivity contribution in [2.75, 3.05) is 44.8 Å². The predicted octanol–water partition coefficient (Wildman–Crippen LogP) is 2.21. The molecular weight excluding hydrogens is 362 g/mol. The second-order valence-electron chi connectivity index (χ2n) is 6.51. The molecule has 0 radical (unpaired) electrons. The van der Waals surface area contributed by atoms with Crippen molar-refractivity contribution in [3.63, 3.8) is 0 Å². The minimum Gasteiger partial charge on any atom is -0.339 e. The lowest BCUT2D eigenvalue weighted by Gasteiger charge is -2.32. The van der Waals surface area contributed by atoms with Crippen LogP contribution >= 0.6 is 11.8 Å². The molecule has 0 bridgehead atoms. The number of H-pyrrole nitrogens is 1. The lowest BCUT2D eigenvalue weighted by atomic mass is 10.2. The fourth-order valence-electron chi connectivity index (χ4n) is 3.05. The summed E-state index contributed by atoms with van der Waals surface area (Å²) in [7, 11) is 2.07. The molecule has 0 unspecified atom stereocenters. The molecule has 4 rings (SSSR count). The Hall–Kier alpha value is -2.65. The van der Waals surface area contributed by atoms with Crippen molar-refractivity contribution in [1.82, 2.24) is 30.0 Å². The highest BCUT2D eigenvalue weighted by Crippen LogP contribution is 2.25. The van der Waals surface area contributed by atoms with Crippen LogP contribution in [0.1, 0.15) is 10.4 Å². The van der Waals surface area contributed by atoms with Crippen molar-refractivity contribution in [3.05, 3.63) is 36.2 Å². The van der Waals surface area contributed by atoms with Crippen LogP contribution in [0.3, 0.4) is 0 Å². The molecule has 1 aliphatic rings. The van der Waals surface area contributed by atoms with Crippen LogP contribution in [0.4, 0.5) is 11.5 Å². The van der Waals surface area contributed by atoms with Gasteiger partial charge in [0.05, 0.1) is 11.7 Å². The number of hydrogen-bond donors (Lipinski definition) is 2. The highest BCUT2D eigenvalue weighted by molar-refractivity contribution is 7.98. The third-order valence-corrected chi connectivity index (χ3v) is 5.24. The first kappa shape index (κ1) is 17.7. The van der Waals surface area contributed by atoms with Gasteiger partial charge in [-0.3, -0.25) is 9.89 Å². The van der Waals surface area contributed by atoms with E-state index < -0.39 is 0 Å². The largest absolute Gasteiger partial charge is 0.339 e. The Balaban J connectivity index is 1.64. The number of nitrogens with one attached hydrogen (secondary N) is 2. The molecule has 1 fully saturated rings. The molecule has 0 saturated carbocycles. The summed E-state index contributed by atoms with van der Waals surface area (Å²) in [6.07, 6.45) is 5.31. The van der Waals surface area contributed by atoms with Crippen molar-refractivity contribution in [1.29, 1.82) is 0 Å². The molecule has 1 aromatic carbocycles. The Morgan fingerprint density at radius 1 is 1.22 bits per heavy atom. The summed E-state index contributed by atoms with van der Waals surface area (Å²) < 4.78 is 0.